The number of carbonyl (C=O) groups is 2. The number of carbonyl (C=O) groups excluding carboxylic acids is 2. The first-order valence-electron chi connectivity index (χ1n) is 9.99. The molecule has 162 valence electrons. The second-order valence-corrected chi connectivity index (χ2v) is 7.35. The summed E-state index contributed by atoms with van der Waals surface area (Å²) in [7, 11) is 1.68. The number of benzene rings is 2. The van der Waals surface area contributed by atoms with E-state index in [2.05, 4.69) is 5.16 Å². The van der Waals surface area contributed by atoms with E-state index >= 15 is 0 Å². The van der Waals surface area contributed by atoms with Crippen molar-refractivity contribution in [2.75, 3.05) is 7.05 Å². The predicted molar refractivity (Wildman–Crippen MR) is 115 cm³/mol. The zero-order chi connectivity index (χ0) is 22.4. The molecule has 1 atom stereocenters. The van der Waals surface area contributed by atoms with E-state index in [1.165, 1.54) is 4.90 Å². The number of nitrogens with zero attached hydrogens (tertiary/aromatic N) is 2. The highest BCUT2D eigenvalue weighted by atomic mass is 16.5. The summed E-state index contributed by atoms with van der Waals surface area (Å²) < 4.78 is 16.3. The van der Waals surface area contributed by atoms with Gasteiger partial charge in [0, 0.05) is 13.6 Å². The van der Waals surface area contributed by atoms with Gasteiger partial charge in [0.2, 0.25) is 0 Å². The molecule has 2 aromatic carbocycles. The van der Waals surface area contributed by atoms with Crippen molar-refractivity contribution in [3.63, 3.8) is 0 Å². The molecule has 0 aliphatic heterocycles. The monoisotopic (exact) mass is 422 g/mol. The number of amides is 1. The third-order valence-electron chi connectivity index (χ3n) is 4.90. The van der Waals surface area contributed by atoms with Crippen LogP contribution >= 0.6 is 0 Å². The highest BCUT2D eigenvalue weighted by Crippen LogP contribution is 2.19. The van der Waals surface area contributed by atoms with Crippen molar-refractivity contribution in [2.45, 2.75) is 40.0 Å². The minimum atomic E-state index is -0.909. The van der Waals surface area contributed by atoms with Crippen LogP contribution in [0.3, 0.4) is 0 Å². The SMILES string of the molecule is Cc1noc(C)c1COc1cccc(C(=O)O[C@H](C)C(=O)N(C)Cc2ccccc2)c1. The van der Waals surface area contributed by atoms with Crippen LogP contribution in [0, 0.1) is 13.8 Å². The smallest absolute Gasteiger partial charge is 0.339 e. The molecule has 1 aromatic heterocycles. The van der Waals surface area contributed by atoms with Crippen molar-refractivity contribution in [1.82, 2.24) is 10.1 Å². The van der Waals surface area contributed by atoms with Gasteiger partial charge < -0.3 is 18.9 Å². The Balaban J connectivity index is 1.58. The van der Waals surface area contributed by atoms with Gasteiger partial charge in [-0.05, 0) is 44.5 Å². The molecule has 0 unspecified atom stereocenters. The second-order valence-electron chi connectivity index (χ2n) is 7.35. The summed E-state index contributed by atoms with van der Waals surface area (Å²) >= 11 is 0. The molecule has 1 heterocycles. The van der Waals surface area contributed by atoms with Crippen LogP contribution in [-0.2, 0) is 22.7 Å². The van der Waals surface area contributed by atoms with Crippen LogP contribution in [0.2, 0.25) is 0 Å². The molecular formula is C24H26N2O5. The molecule has 7 heteroatoms. The summed E-state index contributed by atoms with van der Waals surface area (Å²) in [4.78, 5) is 26.7. The fraction of sp³-hybridized carbons (Fsp3) is 0.292. The lowest BCUT2D eigenvalue weighted by molar-refractivity contribution is -0.139. The molecule has 7 nitrogen and oxygen atoms in total. The standard InChI is InChI=1S/C24H26N2O5/c1-16-22(17(2)31-25-16)15-29-21-12-8-11-20(13-21)24(28)30-18(3)23(27)26(4)14-19-9-6-5-7-10-19/h5-13,18H,14-15H2,1-4H3/t18-/m1/s1. The van der Waals surface area contributed by atoms with Gasteiger partial charge in [0.1, 0.15) is 18.1 Å². The first kappa shape index (κ1) is 22.1. The molecule has 0 saturated carbocycles. The molecular weight excluding hydrogens is 396 g/mol. The quantitative estimate of drug-likeness (QED) is 0.509. The topological polar surface area (TPSA) is 81.9 Å². The van der Waals surface area contributed by atoms with Crippen molar-refractivity contribution in [2.24, 2.45) is 0 Å². The Morgan fingerprint density at radius 3 is 2.52 bits per heavy atom. The molecule has 3 rings (SSSR count). The number of hydrogen-bond acceptors (Lipinski definition) is 6. The van der Waals surface area contributed by atoms with Crippen molar-refractivity contribution in [3.8, 4) is 5.75 Å². The average molecular weight is 422 g/mol. The number of hydrogen-bond donors (Lipinski definition) is 0. The predicted octanol–water partition coefficient (Wildman–Crippen LogP) is 4.07. The molecule has 0 bridgehead atoms. The van der Waals surface area contributed by atoms with Gasteiger partial charge in [-0.1, -0.05) is 41.6 Å². The number of aromatic nitrogens is 1. The summed E-state index contributed by atoms with van der Waals surface area (Å²) in [5, 5.41) is 3.90. The van der Waals surface area contributed by atoms with Crippen molar-refractivity contribution >= 4 is 11.9 Å². The van der Waals surface area contributed by atoms with Crippen LogP contribution in [0.4, 0.5) is 0 Å². The number of aryl methyl sites for hydroxylation is 2. The van der Waals surface area contributed by atoms with E-state index in [1.54, 1.807) is 38.2 Å². The lowest BCUT2D eigenvalue weighted by atomic mass is 10.2. The maximum absolute atomic E-state index is 12.6. The highest BCUT2D eigenvalue weighted by molar-refractivity contribution is 5.92. The van der Waals surface area contributed by atoms with E-state index in [0.29, 0.717) is 23.6 Å². The van der Waals surface area contributed by atoms with Crippen molar-refractivity contribution in [1.29, 1.82) is 0 Å². The molecule has 0 spiro atoms. The first-order chi connectivity index (χ1) is 14.8. The van der Waals surface area contributed by atoms with Crippen molar-refractivity contribution < 1.29 is 23.6 Å². The average Bonchev–Trinajstić information content (AvgIpc) is 3.09. The molecule has 0 aliphatic carbocycles. The Morgan fingerprint density at radius 1 is 1.10 bits per heavy atom. The Bertz CT molecular complexity index is 1030. The lowest BCUT2D eigenvalue weighted by Gasteiger charge is -2.21. The van der Waals surface area contributed by atoms with Crippen LogP contribution in [0.1, 0.15) is 39.9 Å². The summed E-state index contributed by atoms with van der Waals surface area (Å²) in [6, 6.07) is 16.3. The Kier molecular flexibility index (Phi) is 7.07. The fourth-order valence-corrected chi connectivity index (χ4v) is 3.10. The van der Waals surface area contributed by atoms with Gasteiger partial charge in [-0.25, -0.2) is 4.79 Å². The highest BCUT2D eigenvalue weighted by Gasteiger charge is 2.22. The van der Waals surface area contributed by atoms with Gasteiger partial charge >= 0.3 is 5.97 Å². The second kappa shape index (κ2) is 9.93. The van der Waals surface area contributed by atoms with E-state index < -0.39 is 12.1 Å². The molecule has 0 aliphatic rings. The molecule has 0 saturated heterocycles. The van der Waals surface area contributed by atoms with Gasteiger partial charge in [-0.2, -0.15) is 0 Å². The van der Waals surface area contributed by atoms with E-state index in [4.69, 9.17) is 14.0 Å². The largest absolute Gasteiger partial charge is 0.489 e. The number of rotatable bonds is 8. The maximum Gasteiger partial charge on any atom is 0.339 e. The van der Waals surface area contributed by atoms with Crippen LogP contribution in [0.15, 0.2) is 59.1 Å². The third-order valence-corrected chi connectivity index (χ3v) is 4.90. The van der Waals surface area contributed by atoms with Gasteiger partial charge in [0.15, 0.2) is 6.10 Å². The number of likely N-dealkylation sites (N-methyl/N-ethyl adjacent to an activating group) is 1. The van der Waals surface area contributed by atoms with Gasteiger partial charge in [0.25, 0.3) is 5.91 Å². The van der Waals surface area contributed by atoms with E-state index in [9.17, 15) is 9.59 Å². The third kappa shape index (κ3) is 5.72. The maximum atomic E-state index is 12.6. The minimum absolute atomic E-state index is 0.275. The molecule has 0 fully saturated rings. The fourth-order valence-electron chi connectivity index (χ4n) is 3.10. The van der Waals surface area contributed by atoms with Crippen LogP contribution in [0.25, 0.3) is 0 Å². The van der Waals surface area contributed by atoms with Crippen LogP contribution < -0.4 is 4.74 Å². The van der Waals surface area contributed by atoms with Gasteiger partial charge in [0.05, 0.1) is 16.8 Å². The van der Waals surface area contributed by atoms with E-state index in [1.807, 2.05) is 44.2 Å². The molecule has 3 aromatic rings. The molecule has 0 N–H and O–H groups in total. The molecule has 0 radical (unpaired) electrons. The number of ether oxygens (including phenoxy) is 2. The summed E-state index contributed by atoms with van der Waals surface area (Å²) in [5.74, 6) is 0.342. The van der Waals surface area contributed by atoms with Gasteiger partial charge in [-0.15, -0.1) is 0 Å². The zero-order valence-corrected chi connectivity index (χ0v) is 18.1. The van der Waals surface area contributed by atoms with Crippen molar-refractivity contribution in [3.05, 3.63) is 82.7 Å². The van der Waals surface area contributed by atoms with Crippen LogP contribution in [-0.4, -0.2) is 35.1 Å². The summed E-state index contributed by atoms with van der Waals surface area (Å²) in [6.07, 6.45) is -0.909. The lowest BCUT2D eigenvalue weighted by Crippen LogP contribution is -2.37. The van der Waals surface area contributed by atoms with E-state index in [0.717, 1.165) is 16.8 Å². The van der Waals surface area contributed by atoms with Crippen LogP contribution in [0.5, 0.6) is 5.75 Å². The Morgan fingerprint density at radius 2 is 1.84 bits per heavy atom. The summed E-state index contributed by atoms with van der Waals surface area (Å²) in [5.41, 5.74) is 2.94. The van der Waals surface area contributed by atoms with Gasteiger partial charge in [-0.3, -0.25) is 4.79 Å². The Labute approximate surface area is 181 Å². The summed E-state index contributed by atoms with van der Waals surface area (Å²) in [6.45, 7) is 5.95. The molecule has 31 heavy (non-hydrogen) atoms. The minimum Gasteiger partial charge on any atom is -0.489 e. The van der Waals surface area contributed by atoms with E-state index in [-0.39, 0.29) is 12.5 Å². The Hall–Kier alpha value is -3.61. The molecule has 1 amide bonds. The zero-order valence-electron chi connectivity index (χ0n) is 18.1. The normalized spacial score (nSPS) is 11.6. The number of esters is 1. The first-order valence-corrected chi connectivity index (χ1v) is 9.99.